The summed E-state index contributed by atoms with van der Waals surface area (Å²) in [4.78, 5) is 15.3. The predicted molar refractivity (Wildman–Crippen MR) is 81.2 cm³/mol. The highest BCUT2D eigenvalue weighted by molar-refractivity contribution is 6.31. The molecule has 0 amide bonds. The summed E-state index contributed by atoms with van der Waals surface area (Å²) in [6, 6.07) is 7.13. The van der Waals surface area contributed by atoms with Crippen LogP contribution >= 0.6 is 23.2 Å². The lowest BCUT2D eigenvalue weighted by molar-refractivity contribution is -0.142. The minimum atomic E-state index is -1.08. The van der Waals surface area contributed by atoms with E-state index in [4.69, 9.17) is 23.2 Å². The smallest absolute Gasteiger partial charge is 0.308 e. The molecule has 1 aromatic heterocycles. The van der Waals surface area contributed by atoms with E-state index < -0.39 is 17.9 Å². The van der Waals surface area contributed by atoms with Gasteiger partial charge in [-0.05, 0) is 35.9 Å². The van der Waals surface area contributed by atoms with Gasteiger partial charge in [-0.25, -0.2) is 9.37 Å². The van der Waals surface area contributed by atoms with E-state index in [9.17, 15) is 14.3 Å². The number of aliphatic hydroxyl groups excluding tert-OH is 1. The molecule has 1 aromatic carbocycles. The maximum Gasteiger partial charge on any atom is 0.308 e. The molecule has 1 heterocycles. The summed E-state index contributed by atoms with van der Waals surface area (Å²) in [5.74, 6) is -1.09. The van der Waals surface area contributed by atoms with Crippen molar-refractivity contribution < 1.29 is 19.0 Å². The highest BCUT2D eigenvalue weighted by Gasteiger charge is 2.16. The van der Waals surface area contributed by atoms with Crippen LogP contribution in [0.1, 0.15) is 18.1 Å². The maximum atomic E-state index is 13.2. The molecule has 22 heavy (non-hydrogen) atoms. The number of hydrogen-bond donors (Lipinski definition) is 1. The van der Waals surface area contributed by atoms with Gasteiger partial charge in [0.1, 0.15) is 11.0 Å². The highest BCUT2D eigenvalue weighted by Crippen LogP contribution is 2.28. The Morgan fingerprint density at radius 1 is 1.36 bits per heavy atom. The average molecular weight is 344 g/mol. The summed E-state index contributed by atoms with van der Waals surface area (Å²) < 4.78 is 17.7. The van der Waals surface area contributed by atoms with Gasteiger partial charge in [0.05, 0.1) is 30.4 Å². The third-order valence-corrected chi connectivity index (χ3v) is 3.49. The van der Waals surface area contributed by atoms with Crippen LogP contribution in [0.4, 0.5) is 4.39 Å². The Hall–Kier alpha value is -1.69. The number of ether oxygens (including phenoxy) is 1. The van der Waals surface area contributed by atoms with Crippen molar-refractivity contribution in [2.24, 2.45) is 0 Å². The van der Waals surface area contributed by atoms with E-state index in [1.807, 2.05) is 0 Å². The molecule has 0 bridgehead atoms. The second-order valence-corrected chi connectivity index (χ2v) is 5.33. The number of aliphatic hydroxyl groups is 1. The summed E-state index contributed by atoms with van der Waals surface area (Å²) in [6.07, 6.45) is -1.29. The first-order valence-corrected chi connectivity index (χ1v) is 7.04. The molecule has 0 aliphatic carbocycles. The van der Waals surface area contributed by atoms with Crippen molar-refractivity contribution in [2.75, 3.05) is 7.11 Å². The lowest BCUT2D eigenvalue weighted by Gasteiger charge is -2.12. The van der Waals surface area contributed by atoms with Gasteiger partial charge in [0.2, 0.25) is 0 Å². The van der Waals surface area contributed by atoms with Crippen molar-refractivity contribution in [3.63, 3.8) is 0 Å². The molecule has 0 saturated heterocycles. The molecule has 4 nitrogen and oxygen atoms in total. The zero-order valence-electron chi connectivity index (χ0n) is 11.5. The standard InChI is InChI=1S/C15H12Cl2FNO3/c1-22-15(21)7-13(20)9-5-12(19-14(17)6-9)8-2-3-11(18)10(16)4-8/h2-6,13,20H,7H2,1H3. The van der Waals surface area contributed by atoms with Crippen molar-refractivity contribution in [3.8, 4) is 11.3 Å². The molecular weight excluding hydrogens is 332 g/mol. The Kier molecular flexibility index (Phi) is 5.34. The Balaban J connectivity index is 2.37. The minimum Gasteiger partial charge on any atom is -0.469 e. The lowest BCUT2D eigenvalue weighted by Crippen LogP contribution is -2.08. The van der Waals surface area contributed by atoms with E-state index >= 15 is 0 Å². The fraction of sp³-hybridized carbons (Fsp3) is 0.200. The maximum absolute atomic E-state index is 13.2. The minimum absolute atomic E-state index is 0.0454. The van der Waals surface area contributed by atoms with Gasteiger partial charge in [-0.2, -0.15) is 0 Å². The molecule has 116 valence electrons. The molecule has 1 N–H and O–H groups in total. The van der Waals surface area contributed by atoms with Crippen LogP contribution in [0.25, 0.3) is 11.3 Å². The van der Waals surface area contributed by atoms with Crippen molar-refractivity contribution in [1.29, 1.82) is 0 Å². The number of carbonyl (C=O) groups excluding carboxylic acids is 1. The molecule has 0 saturated carbocycles. The number of pyridine rings is 1. The van der Waals surface area contributed by atoms with Crippen molar-refractivity contribution in [2.45, 2.75) is 12.5 Å². The fourth-order valence-corrected chi connectivity index (χ4v) is 2.27. The summed E-state index contributed by atoms with van der Waals surface area (Å²) in [7, 11) is 1.24. The average Bonchev–Trinajstić information content (AvgIpc) is 2.49. The number of rotatable bonds is 4. The van der Waals surface area contributed by atoms with Crippen molar-refractivity contribution in [3.05, 3.63) is 51.9 Å². The molecule has 1 atom stereocenters. The van der Waals surface area contributed by atoms with Gasteiger partial charge < -0.3 is 9.84 Å². The van der Waals surface area contributed by atoms with E-state index in [0.717, 1.165) is 0 Å². The summed E-state index contributed by atoms with van der Waals surface area (Å²) in [6.45, 7) is 0. The van der Waals surface area contributed by atoms with Gasteiger partial charge in [0.25, 0.3) is 0 Å². The van der Waals surface area contributed by atoms with Crippen LogP contribution in [-0.4, -0.2) is 23.2 Å². The van der Waals surface area contributed by atoms with E-state index in [0.29, 0.717) is 16.8 Å². The third kappa shape index (κ3) is 3.94. The summed E-state index contributed by atoms with van der Waals surface area (Å²) in [5.41, 5.74) is 1.36. The molecule has 0 fully saturated rings. The second-order valence-electron chi connectivity index (χ2n) is 4.53. The van der Waals surface area contributed by atoms with Crippen LogP contribution in [0.15, 0.2) is 30.3 Å². The molecular formula is C15H12Cl2FNO3. The zero-order chi connectivity index (χ0) is 16.3. The summed E-state index contributed by atoms with van der Waals surface area (Å²) in [5, 5.41) is 10.1. The highest BCUT2D eigenvalue weighted by atomic mass is 35.5. The van der Waals surface area contributed by atoms with Gasteiger partial charge in [0.15, 0.2) is 0 Å². The van der Waals surface area contributed by atoms with Crippen molar-refractivity contribution in [1.82, 2.24) is 4.98 Å². The molecule has 0 radical (unpaired) electrons. The molecule has 2 aromatic rings. The summed E-state index contributed by atoms with van der Waals surface area (Å²) >= 11 is 11.7. The normalized spacial score (nSPS) is 12.0. The Labute approximate surface area is 136 Å². The number of carbonyl (C=O) groups is 1. The number of hydrogen-bond acceptors (Lipinski definition) is 4. The lowest BCUT2D eigenvalue weighted by atomic mass is 10.0. The molecule has 1 unspecified atom stereocenters. The second kappa shape index (κ2) is 7.05. The van der Waals surface area contributed by atoms with Gasteiger partial charge in [-0.15, -0.1) is 0 Å². The predicted octanol–water partition coefficient (Wildman–Crippen LogP) is 3.79. The van der Waals surface area contributed by atoms with Crippen LogP contribution in [0.2, 0.25) is 10.2 Å². The SMILES string of the molecule is COC(=O)CC(O)c1cc(Cl)nc(-c2ccc(F)c(Cl)c2)c1. The number of aromatic nitrogens is 1. The van der Waals surface area contributed by atoms with Crippen LogP contribution in [-0.2, 0) is 9.53 Å². The third-order valence-electron chi connectivity index (χ3n) is 3.00. The fourth-order valence-electron chi connectivity index (χ4n) is 1.87. The molecule has 7 heteroatoms. The largest absolute Gasteiger partial charge is 0.469 e. The van der Waals surface area contributed by atoms with E-state index in [-0.39, 0.29) is 16.6 Å². The van der Waals surface area contributed by atoms with Crippen molar-refractivity contribution >= 4 is 29.2 Å². The number of esters is 1. The molecule has 0 aliphatic heterocycles. The zero-order valence-corrected chi connectivity index (χ0v) is 13.0. The van der Waals surface area contributed by atoms with Gasteiger partial charge >= 0.3 is 5.97 Å². The van der Waals surface area contributed by atoms with E-state index in [1.165, 1.54) is 31.4 Å². The number of methoxy groups -OCH3 is 1. The number of nitrogens with zero attached hydrogens (tertiary/aromatic N) is 1. The van der Waals surface area contributed by atoms with Crippen LogP contribution < -0.4 is 0 Å². The van der Waals surface area contributed by atoms with Crippen LogP contribution in [0, 0.1) is 5.82 Å². The molecule has 0 spiro atoms. The first-order chi connectivity index (χ1) is 10.4. The first kappa shape index (κ1) is 16.7. The first-order valence-electron chi connectivity index (χ1n) is 6.28. The Bertz CT molecular complexity index is 709. The molecule has 0 aliphatic rings. The Morgan fingerprint density at radius 3 is 2.73 bits per heavy atom. The van der Waals surface area contributed by atoms with Gasteiger partial charge in [-0.1, -0.05) is 23.2 Å². The van der Waals surface area contributed by atoms with Crippen LogP contribution in [0.5, 0.6) is 0 Å². The monoisotopic (exact) mass is 343 g/mol. The molecule has 2 rings (SSSR count). The van der Waals surface area contributed by atoms with Crippen LogP contribution in [0.3, 0.4) is 0 Å². The van der Waals surface area contributed by atoms with Gasteiger partial charge in [0, 0.05) is 5.56 Å². The Morgan fingerprint density at radius 2 is 2.09 bits per heavy atom. The number of halogens is 3. The van der Waals surface area contributed by atoms with E-state index in [1.54, 1.807) is 6.07 Å². The number of benzene rings is 1. The topological polar surface area (TPSA) is 59.4 Å². The van der Waals surface area contributed by atoms with Gasteiger partial charge in [-0.3, -0.25) is 4.79 Å². The van der Waals surface area contributed by atoms with E-state index in [2.05, 4.69) is 9.72 Å². The quantitative estimate of drug-likeness (QED) is 0.677.